The molecule has 0 bridgehead atoms. The van der Waals surface area contributed by atoms with Gasteiger partial charge in [0.25, 0.3) is 0 Å². The first kappa shape index (κ1) is 19.1. The summed E-state index contributed by atoms with van der Waals surface area (Å²) in [7, 11) is 0. The molecule has 2 aromatic carbocycles. The summed E-state index contributed by atoms with van der Waals surface area (Å²) in [5.41, 5.74) is 2.32. The highest BCUT2D eigenvalue weighted by Crippen LogP contribution is 2.35. The van der Waals surface area contributed by atoms with Gasteiger partial charge in [0, 0.05) is 0 Å². The van der Waals surface area contributed by atoms with Gasteiger partial charge >= 0.3 is 0 Å². The molecule has 0 saturated carbocycles. The minimum Gasteiger partial charge on any atom is -0.368 e. The van der Waals surface area contributed by atoms with Crippen LogP contribution in [0.1, 0.15) is 38.3 Å². The van der Waals surface area contributed by atoms with Gasteiger partial charge in [0.15, 0.2) is 6.29 Å². The molecule has 3 nitrogen and oxygen atoms in total. The third-order valence-electron chi connectivity index (χ3n) is 5.46. The lowest BCUT2D eigenvalue weighted by molar-refractivity contribution is -0.286. The zero-order chi connectivity index (χ0) is 18.4. The van der Waals surface area contributed by atoms with Crippen molar-refractivity contribution in [1.82, 2.24) is 0 Å². The van der Waals surface area contributed by atoms with Crippen LogP contribution in [-0.2, 0) is 27.4 Å². The molecule has 0 amide bonds. The van der Waals surface area contributed by atoms with Gasteiger partial charge in [-0.2, -0.15) is 0 Å². The lowest BCUT2D eigenvalue weighted by Gasteiger charge is -2.44. The maximum Gasteiger partial charge on any atom is 0.184 e. The van der Waals surface area contributed by atoms with Crippen molar-refractivity contribution in [2.75, 3.05) is 0 Å². The Balaban J connectivity index is 1.68. The topological polar surface area (TPSA) is 27.7 Å². The molecule has 3 unspecified atom stereocenters. The van der Waals surface area contributed by atoms with Gasteiger partial charge in [-0.3, -0.25) is 0 Å². The summed E-state index contributed by atoms with van der Waals surface area (Å²) in [5.74, 6) is 0.815. The van der Waals surface area contributed by atoms with Crippen molar-refractivity contribution in [3.63, 3.8) is 0 Å². The Morgan fingerprint density at radius 1 is 0.769 bits per heavy atom. The van der Waals surface area contributed by atoms with Crippen molar-refractivity contribution in [3.8, 4) is 0 Å². The van der Waals surface area contributed by atoms with E-state index >= 15 is 0 Å². The van der Waals surface area contributed by atoms with E-state index in [0.29, 0.717) is 25.0 Å². The van der Waals surface area contributed by atoms with Crippen LogP contribution in [0, 0.1) is 11.8 Å². The molecular formula is C23H30O3. The maximum atomic E-state index is 6.30. The second kappa shape index (κ2) is 9.31. The molecule has 26 heavy (non-hydrogen) atoms. The molecule has 1 saturated heterocycles. The lowest BCUT2D eigenvalue weighted by atomic mass is 9.82. The molecule has 0 aromatic heterocycles. The first-order valence-electron chi connectivity index (χ1n) is 9.65. The average molecular weight is 354 g/mol. The Morgan fingerprint density at radius 3 is 1.85 bits per heavy atom. The third kappa shape index (κ3) is 4.73. The predicted molar refractivity (Wildman–Crippen MR) is 104 cm³/mol. The van der Waals surface area contributed by atoms with E-state index in [9.17, 15) is 0 Å². The Hall–Kier alpha value is -1.68. The highest BCUT2D eigenvalue weighted by Gasteiger charge is 2.42. The van der Waals surface area contributed by atoms with E-state index in [1.165, 1.54) is 5.56 Å². The van der Waals surface area contributed by atoms with Gasteiger partial charge in [0.2, 0.25) is 0 Å². The van der Waals surface area contributed by atoms with Gasteiger partial charge in [-0.1, -0.05) is 81.4 Å². The van der Waals surface area contributed by atoms with Crippen LogP contribution in [0.3, 0.4) is 0 Å². The van der Waals surface area contributed by atoms with Crippen LogP contribution in [0.15, 0.2) is 60.7 Å². The maximum absolute atomic E-state index is 6.30. The van der Waals surface area contributed by atoms with Gasteiger partial charge in [0.05, 0.1) is 19.3 Å². The number of hydrogen-bond donors (Lipinski definition) is 0. The van der Waals surface area contributed by atoms with Crippen LogP contribution < -0.4 is 0 Å². The van der Waals surface area contributed by atoms with Crippen LogP contribution in [0.25, 0.3) is 0 Å². The largest absolute Gasteiger partial charge is 0.368 e. The molecule has 1 aliphatic heterocycles. The summed E-state index contributed by atoms with van der Waals surface area (Å²) in [6.07, 6.45) is 0.788. The second-order valence-electron chi connectivity index (χ2n) is 7.23. The first-order valence-corrected chi connectivity index (χ1v) is 9.65. The lowest BCUT2D eigenvalue weighted by Crippen LogP contribution is -2.51. The predicted octanol–water partition coefficient (Wildman–Crippen LogP) is 5.20. The van der Waals surface area contributed by atoms with Crippen molar-refractivity contribution < 1.29 is 14.2 Å². The van der Waals surface area contributed by atoms with Crippen molar-refractivity contribution in [2.24, 2.45) is 11.8 Å². The van der Waals surface area contributed by atoms with E-state index in [4.69, 9.17) is 14.2 Å². The number of rotatable bonds is 7. The Labute approximate surface area is 157 Å². The molecule has 140 valence electrons. The molecule has 0 aliphatic carbocycles. The monoisotopic (exact) mass is 354 g/mol. The number of benzene rings is 2. The minimum atomic E-state index is -0.338. The molecule has 3 heteroatoms. The minimum absolute atomic E-state index is 0.0725. The first-order chi connectivity index (χ1) is 12.7. The molecule has 5 atom stereocenters. The molecule has 0 radical (unpaired) electrons. The molecular weight excluding hydrogens is 324 g/mol. The van der Waals surface area contributed by atoms with Crippen molar-refractivity contribution in [3.05, 3.63) is 71.8 Å². The number of ether oxygens (including phenoxy) is 3. The van der Waals surface area contributed by atoms with Crippen LogP contribution >= 0.6 is 0 Å². The van der Waals surface area contributed by atoms with E-state index in [1.807, 2.05) is 36.4 Å². The van der Waals surface area contributed by atoms with E-state index in [2.05, 4.69) is 45.0 Å². The van der Waals surface area contributed by atoms with Crippen LogP contribution in [0.2, 0.25) is 0 Å². The summed E-state index contributed by atoms with van der Waals surface area (Å²) in [4.78, 5) is 0. The summed E-state index contributed by atoms with van der Waals surface area (Å²) in [6, 6.07) is 20.5. The summed E-state index contributed by atoms with van der Waals surface area (Å²) in [5, 5.41) is 0. The van der Waals surface area contributed by atoms with Gasteiger partial charge in [0.1, 0.15) is 6.10 Å². The van der Waals surface area contributed by atoms with E-state index < -0.39 is 0 Å². The molecule has 3 rings (SSSR count). The fraction of sp³-hybridized carbons (Fsp3) is 0.478. The number of hydrogen-bond acceptors (Lipinski definition) is 3. The highest BCUT2D eigenvalue weighted by molar-refractivity contribution is 5.14. The molecule has 0 spiro atoms. The Morgan fingerprint density at radius 2 is 1.31 bits per heavy atom. The van der Waals surface area contributed by atoms with Crippen LogP contribution in [0.4, 0.5) is 0 Å². The SMILES string of the molecule is CCC1OC(OCc2ccccc2)C(OCc2ccccc2)[C@@H](C)[C@H]1C. The summed E-state index contributed by atoms with van der Waals surface area (Å²) >= 11 is 0. The molecule has 2 aromatic rings. The van der Waals surface area contributed by atoms with Crippen LogP contribution in [-0.4, -0.2) is 18.5 Å². The van der Waals surface area contributed by atoms with Gasteiger partial charge < -0.3 is 14.2 Å². The highest BCUT2D eigenvalue weighted by atomic mass is 16.7. The molecule has 1 aliphatic rings. The van der Waals surface area contributed by atoms with Crippen molar-refractivity contribution in [2.45, 2.75) is 58.9 Å². The zero-order valence-corrected chi connectivity index (χ0v) is 16.0. The standard InChI is InChI=1S/C23H30O3/c1-4-21-17(2)18(3)22(24-15-19-11-7-5-8-12-19)23(26-21)25-16-20-13-9-6-10-14-20/h5-14,17-18,21-23H,4,15-16H2,1-3H3/t17-,18+,21?,22?,23?/m1/s1. The second-order valence-corrected chi connectivity index (χ2v) is 7.23. The van der Waals surface area contributed by atoms with Crippen molar-refractivity contribution >= 4 is 0 Å². The van der Waals surface area contributed by atoms with Crippen molar-refractivity contribution in [1.29, 1.82) is 0 Å². The fourth-order valence-corrected chi connectivity index (χ4v) is 3.61. The quantitative estimate of drug-likeness (QED) is 0.684. The van der Waals surface area contributed by atoms with Gasteiger partial charge in [-0.05, 0) is 29.4 Å². The molecule has 0 N–H and O–H groups in total. The van der Waals surface area contributed by atoms with E-state index in [1.54, 1.807) is 0 Å². The Kier molecular flexibility index (Phi) is 6.84. The van der Waals surface area contributed by atoms with Gasteiger partial charge in [-0.15, -0.1) is 0 Å². The van der Waals surface area contributed by atoms with Crippen LogP contribution in [0.5, 0.6) is 0 Å². The third-order valence-corrected chi connectivity index (χ3v) is 5.46. The average Bonchev–Trinajstić information content (AvgIpc) is 2.69. The van der Waals surface area contributed by atoms with Gasteiger partial charge in [-0.25, -0.2) is 0 Å². The summed E-state index contributed by atoms with van der Waals surface area (Å²) < 4.78 is 18.8. The molecule has 1 fully saturated rings. The normalized spacial score (nSPS) is 28.8. The Bertz CT molecular complexity index is 643. The van der Waals surface area contributed by atoms with E-state index in [0.717, 1.165) is 12.0 Å². The zero-order valence-electron chi connectivity index (χ0n) is 16.0. The van der Waals surface area contributed by atoms with E-state index in [-0.39, 0.29) is 18.5 Å². The summed E-state index contributed by atoms with van der Waals surface area (Å²) in [6.45, 7) is 7.80. The fourth-order valence-electron chi connectivity index (χ4n) is 3.61. The molecule has 1 heterocycles. The smallest absolute Gasteiger partial charge is 0.184 e.